The van der Waals surface area contributed by atoms with E-state index in [1.54, 1.807) is 6.92 Å². The fraction of sp³-hybridized carbons (Fsp3) is 0.529. The molecule has 0 saturated heterocycles. The number of amides is 1. The first-order chi connectivity index (χ1) is 10.5. The molecule has 1 fully saturated rings. The van der Waals surface area contributed by atoms with Gasteiger partial charge in [0, 0.05) is 6.54 Å². The van der Waals surface area contributed by atoms with Crippen molar-refractivity contribution in [3.63, 3.8) is 0 Å². The molecule has 1 N–H and O–H groups in total. The Bertz CT molecular complexity index is 537. The maximum Gasteiger partial charge on any atom is 0.235 e. The minimum atomic E-state index is -0.724. The molecule has 1 aromatic carbocycles. The van der Waals surface area contributed by atoms with Crippen LogP contribution in [0.2, 0.25) is 0 Å². The Hall–Kier alpha value is -2.06. The van der Waals surface area contributed by atoms with Crippen LogP contribution >= 0.6 is 0 Å². The Labute approximate surface area is 131 Å². The van der Waals surface area contributed by atoms with Crippen molar-refractivity contribution in [3.05, 3.63) is 30.3 Å². The van der Waals surface area contributed by atoms with Gasteiger partial charge in [-0.3, -0.25) is 9.69 Å². The molecule has 1 aliphatic rings. The predicted molar refractivity (Wildman–Crippen MR) is 84.3 cm³/mol. The van der Waals surface area contributed by atoms with E-state index in [4.69, 9.17) is 4.74 Å². The van der Waals surface area contributed by atoms with Crippen LogP contribution in [-0.4, -0.2) is 43.1 Å². The van der Waals surface area contributed by atoms with Crippen LogP contribution in [-0.2, 0) is 4.79 Å². The second kappa shape index (κ2) is 7.28. The van der Waals surface area contributed by atoms with Crippen molar-refractivity contribution in [2.24, 2.45) is 5.92 Å². The third kappa shape index (κ3) is 4.74. The molecule has 1 atom stereocenters. The summed E-state index contributed by atoms with van der Waals surface area (Å²) in [6, 6.07) is 11.8. The van der Waals surface area contributed by atoms with Gasteiger partial charge in [-0.1, -0.05) is 18.2 Å². The number of nitrogens with one attached hydrogen (secondary N) is 1. The number of rotatable bonds is 8. The van der Waals surface area contributed by atoms with Crippen LogP contribution in [0.15, 0.2) is 30.3 Å². The SMILES string of the molecule is CN(CCOc1ccccc1)CC(=O)N[C@](C)(C#N)C1CC1. The van der Waals surface area contributed by atoms with Crippen LogP contribution in [0.5, 0.6) is 5.75 Å². The number of hydrogen-bond acceptors (Lipinski definition) is 4. The van der Waals surface area contributed by atoms with E-state index in [2.05, 4.69) is 11.4 Å². The zero-order valence-electron chi connectivity index (χ0n) is 13.2. The van der Waals surface area contributed by atoms with Crippen molar-refractivity contribution in [1.29, 1.82) is 5.26 Å². The van der Waals surface area contributed by atoms with Gasteiger partial charge in [-0.05, 0) is 44.9 Å². The molecule has 22 heavy (non-hydrogen) atoms. The molecule has 0 spiro atoms. The summed E-state index contributed by atoms with van der Waals surface area (Å²) < 4.78 is 5.60. The minimum absolute atomic E-state index is 0.113. The number of benzene rings is 1. The highest BCUT2D eigenvalue weighted by atomic mass is 16.5. The second-order valence-corrected chi connectivity index (χ2v) is 6.04. The summed E-state index contributed by atoms with van der Waals surface area (Å²) in [6.45, 7) is 3.24. The van der Waals surface area contributed by atoms with Crippen molar-refractivity contribution in [3.8, 4) is 11.8 Å². The number of nitrogens with zero attached hydrogens (tertiary/aromatic N) is 2. The van der Waals surface area contributed by atoms with Gasteiger partial charge in [0.05, 0.1) is 12.6 Å². The number of carbonyl (C=O) groups excluding carboxylic acids is 1. The number of para-hydroxylation sites is 1. The lowest BCUT2D eigenvalue weighted by Gasteiger charge is -2.24. The zero-order valence-corrected chi connectivity index (χ0v) is 13.2. The lowest BCUT2D eigenvalue weighted by atomic mass is 9.98. The lowest BCUT2D eigenvalue weighted by Crippen LogP contribution is -2.50. The van der Waals surface area contributed by atoms with Gasteiger partial charge in [-0.25, -0.2) is 0 Å². The summed E-state index contributed by atoms with van der Waals surface area (Å²) in [4.78, 5) is 13.9. The molecule has 0 aromatic heterocycles. The maximum absolute atomic E-state index is 12.0. The first kappa shape index (κ1) is 16.3. The quantitative estimate of drug-likeness (QED) is 0.795. The Morgan fingerprint density at radius 3 is 2.73 bits per heavy atom. The molecule has 0 heterocycles. The van der Waals surface area contributed by atoms with E-state index in [1.807, 2.05) is 42.3 Å². The first-order valence-corrected chi connectivity index (χ1v) is 7.62. The number of hydrogen-bond donors (Lipinski definition) is 1. The number of carbonyl (C=O) groups is 1. The highest BCUT2D eigenvalue weighted by Gasteiger charge is 2.42. The molecular formula is C17H23N3O2. The van der Waals surface area contributed by atoms with Gasteiger partial charge in [-0.2, -0.15) is 5.26 Å². The average molecular weight is 301 g/mol. The van der Waals surface area contributed by atoms with Crippen LogP contribution in [0.1, 0.15) is 19.8 Å². The fourth-order valence-corrected chi connectivity index (χ4v) is 2.37. The Morgan fingerprint density at radius 2 is 2.14 bits per heavy atom. The third-order valence-electron chi connectivity index (χ3n) is 3.92. The summed E-state index contributed by atoms with van der Waals surface area (Å²) in [5.41, 5.74) is -0.724. The van der Waals surface area contributed by atoms with Gasteiger partial charge in [0.15, 0.2) is 0 Å². The first-order valence-electron chi connectivity index (χ1n) is 7.62. The number of nitriles is 1. The standard InChI is InChI=1S/C17H23N3O2/c1-17(13-18,14-8-9-14)19-16(21)12-20(2)10-11-22-15-6-4-3-5-7-15/h3-7,14H,8-12H2,1-2H3,(H,19,21)/t17-/m1/s1. The van der Waals surface area contributed by atoms with E-state index in [9.17, 15) is 10.1 Å². The van der Waals surface area contributed by atoms with E-state index < -0.39 is 5.54 Å². The van der Waals surface area contributed by atoms with Crippen LogP contribution in [0.4, 0.5) is 0 Å². The van der Waals surface area contributed by atoms with Crippen molar-refractivity contribution >= 4 is 5.91 Å². The van der Waals surface area contributed by atoms with Crippen molar-refractivity contribution in [1.82, 2.24) is 10.2 Å². The molecule has 1 aromatic rings. The lowest BCUT2D eigenvalue weighted by molar-refractivity contribution is -0.123. The van der Waals surface area contributed by atoms with Crippen molar-refractivity contribution in [2.75, 3.05) is 26.7 Å². The minimum Gasteiger partial charge on any atom is -0.492 e. The molecule has 1 saturated carbocycles. The summed E-state index contributed by atoms with van der Waals surface area (Å²) in [7, 11) is 1.87. The predicted octanol–water partition coefficient (Wildman–Crippen LogP) is 1.81. The number of likely N-dealkylation sites (N-methyl/N-ethyl adjacent to an activating group) is 1. The Kier molecular flexibility index (Phi) is 5.40. The summed E-state index contributed by atoms with van der Waals surface area (Å²) in [5.74, 6) is 1.01. The fourth-order valence-electron chi connectivity index (χ4n) is 2.37. The largest absolute Gasteiger partial charge is 0.492 e. The molecule has 0 bridgehead atoms. The van der Waals surface area contributed by atoms with Crippen molar-refractivity contribution in [2.45, 2.75) is 25.3 Å². The van der Waals surface area contributed by atoms with E-state index in [1.165, 1.54) is 0 Å². The molecule has 0 radical (unpaired) electrons. The molecule has 1 amide bonds. The second-order valence-electron chi connectivity index (χ2n) is 6.04. The smallest absolute Gasteiger partial charge is 0.235 e. The molecular weight excluding hydrogens is 278 g/mol. The normalized spacial score (nSPS) is 16.6. The van der Waals surface area contributed by atoms with Gasteiger partial charge in [0.1, 0.15) is 17.9 Å². The topological polar surface area (TPSA) is 65.4 Å². The van der Waals surface area contributed by atoms with Gasteiger partial charge >= 0.3 is 0 Å². The molecule has 0 unspecified atom stereocenters. The number of ether oxygens (including phenoxy) is 1. The van der Waals surface area contributed by atoms with Crippen LogP contribution in [0, 0.1) is 17.2 Å². The average Bonchev–Trinajstić information content (AvgIpc) is 3.33. The van der Waals surface area contributed by atoms with Crippen LogP contribution in [0.3, 0.4) is 0 Å². The third-order valence-corrected chi connectivity index (χ3v) is 3.92. The van der Waals surface area contributed by atoms with E-state index in [-0.39, 0.29) is 12.5 Å². The summed E-state index contributed by atoms with van der Waals surface area (Å²) >= 11 is 0. The molecule has 5 heteroatoms. The van der Waals surface area contributed by atoms with E-state index in [0.717, 1.165) is 18.6 Å². The van der Waals surface area contributed by atoms with Gasteiger partial charge in [-0.15, -0.1) is 0 Å². The summed E-state index contributed by atoms with van der Waals surface area (Å²) in [6.07, 6.45) is 2.04. The van der Waals surface area contributed by atoms with E-state index in [0.29, 0.717) is 19.1 Å². The van der Waals surface area contributed by atoms with E-state index >= 15 is 0 Å². The van der Waals surface area contributed by atoms with Crippen molar-refractivity contribution < 1.29 is 9.53 Å². The highest BCUT2D eigenvalue weighted by Crippen LogP contribution is 2.39. The summed E-state index contributed by atoms with van der Waals surface area (Å²) in [5, 5.41) is 12.1. The van der Waals surface area contributed by atoms with Gasteiger partial charge in [0.25, 0.3) is 0 Å². The monoisotopic (exact) mass is 301 g/mol. The van der Waals surface area contributed by atoms with Crippen LogP contribution < -0.4 is 10.1 Å². The molecule has 2 rings (SSSR count). The molecule has 118 valence electrons. The Morgan fingerprint density at radius 1 is 1.45 bits per heavy atom. The molecule has 0 aliphatic heterocycles. The zero-order chi connectivity index (χ0) is 16.0. The maximum atomic E-state index is 12.0. The Balaban J connectivity index is 1.69. The molecule has 1 aliphatic carbocycles. The highest BCUT2D eigenvalue weighted by molar-refractivity contribution is 5.79. The van der Waals surface area contributed by atoms with Crippen LogP contribution in [0.25, 0.3) is 0 Å². The molecule has 5 nitrogen and oxygen atoms in total. The van der Waals surface area contributed by atoms with Gasteiger partial charge < -0.3 is 10.1 Å². The van der Waals surface area contributed by atoms with Gasteiger partial charge in [0.2, 0.25) is 5.91 Å².